The Bertz CT molecular complexity index is 1430. The zero-order valence-electron chi connectivity index (χ0n) is 20.1. The molecule has 1 aliphatic carbocycles. The molecule has 1 aliphatic rings. The zero-order valence-corrected chi connectivity index (χ0v) is 20.9. The van der Waals surface area contributed by atoms with Gasteiger partial charge in [0.2, 0.25) is 5.91 Å². The van der Waals surface area contributed by atoms with E-state index in [1.807, 2.05) is 68.4 Å². The highest BCUT2D eigenvalue weighted by Gasteiger charge is 2.29. The molecule has 0 aliphatic heterocycles. The van der Waals surface area contributed by atoms with Crippen LogP contribution in [0, 0.1) is 18.3 Å². The molecule has 0 radical (unpaired) electrons. The number of para-hydroxylation sites is 1. The van der Waals surface area contributed by atoms with Crippen molar-refractivity contribution in [3.8, 4) is 0 Å². The second-order valence-corrected chi connectivity index (χ2v) is 10.2. The molecule has 5 rings (SSSR count). The van der Waals surface area contributed by atoms with Crippen LogP contribution in [0.4, 0.5) is 22.9 Å². The van der Waals surface area contributed by atoms with Gasteiger partial charge >= 0.3 is 0 Å². The van der Waals surface area contributed by atoms with E-state index < -0.39 is 0 Å². The summed E-state index contributed by atoms with van der Waals surface area (Å²) in [4.78, 5) is 26.2. The SMILES string of the molecule is Cc1ccccc1NC(=O)C1CCc2c(sc3ncnc(Nc4ccc(N(C)C)c(C=N)c4)c23)C1. The van der Waals surface area contributed by atoms with Crippen molar-refractivity contribution in [3.05, 3.63) is 70.4 Å². The summed E-state index contributed by atoms with van der Waals surface area (Å²) in [6.45, 7) is 2.01. The molecular formula is C27H28N6OS. The number of anilines is 4. The lowest BCUT2D eigenvalue weighted by Crippen LogP contribution is -2.27. The van der Waals surface area contributed by atoms with Crippen LogP contribution >= 0.6 is 11.3 Å². The molecule has 0 saturated heterocycles. The van der Waals surface area contributed by atoms with Crippen LogP contribution in [0.2, 0.25) is 0 Å². The van der Waals surface area contributed by atoms with Crippen molar-refractivity contribution in [2.75, 3.05) is 29.6 Å². The van der Waals surface area contributed by atoms with Crippen LogP contribution in [0.15, 0.2) is 48.8 Å². The van der Waals surface area contributed by atoms with Gasteiger partial charge in [-0.05, 0) is 61.6 Å². The van der Waals surface area contributed by atoms with Gasteiger partial charge in [-0.3, -0.25) is 4.79 Å². The van der Waals surface area contributed by atoms with Gasteiger partial charge in [-0.25, -0.2) is 9.97 Å². The highest BCUT2D eigenvalue weighted by molar-refractivity contribution is 7.19. The number of hydrogen-bond donors (Lipinski definition) is 3. The molecule has 8 heteroatoms. The number of carbonyl (C=O) groups excluding carboxylic acids is 1. The fraction of sp³-hybridized carbons (Fsp3) is 0.259. The maximum atomic E-state index is 13.0. The van der Waals surface area contributed by atoms with E-state index in [0.29, 0.717) is 6.42 Å². The first kappa shape index (κ1) is 23.0. The Morgan fingerprint density at radius 1 is 1.20 bits per heavy atom. The van der Waals surface area contributed by atoms with Crippen molar-refractivity contribution in [2.24, 2.45) is 5.92 Å². The van der Waals surface area contributed by atoms with Gasteiger partial charge in [0.25, 0.3) is 0 Å². The molecule has 0 saturated carbocycles. The summed E-state index contributed by atoms with van der Waals surface area (Å²) < 4.78 is 0. The van der Waals surface area contributed by atoms with Crippen molar-refractivity contribution in [1.82, 2.24) is 9.97 Å². The summed E-state index contributed by atoms with van der Waals surface area (Å²) in [5.74, 6) is 0.782. The van der Waals surface area contributed by atoms with E-state index in [1.54, 1.807) is 17.7 Å². The predicted octanol–water partition coefficient (Wildman–Crippen LogP) is 5.55. The van der Waals surface area contributed by atoms with Gasteiger partial charge in [0.1, 0.15) is 17.0 Å². The number of rotatable bonds is 6. The highest BCUT2D eigenvalue weighted by Crippen LogP contribution is 2.41. The molecule has 2 aromatic carbocycles. The topological polar surface area (TPSA) is 94.0 Å². The third kappa shape index (κ3) is 4.49. The lowest BCUT2D eigenvalue weighted by molar-refractivity contribution is -0.120. The molecule has 3 N–H and O–H groups in total. The standard InChI is InChI=1S/C27H28N6OS/c1-16-6-4-5-7-21(16)32-26(34)17-8-10-20-23(13-17)35-27-24(20)25(29-15-30-27)31-19-9-11-22(33(2)3)18(12-19)14-28/h4-7,9,11-12,14-15,17,28H,8,10,13H2,1-3H3,(H,32,34)(H,29,30,31). The Morgan fingerprint density at radius 2 is 2.03 bits per heavy atom. The molecule has 2 aromatic heterocycles. The van der Waals surface area contributed by atoms with Crippen LogP contribution in [-0.2, 0) is 17.6 Å². The molecule has 0 bridgehead atoms. The summed E-state index contributed by atoms with van der Waals surface area (Å²) in [5.41, 5.74) is 5.88. The third-order valence-electron chi connectivity index (χ3n) is 6.55. The number of nitrogens with one attached hydrogen (secondary N) is 3. The Kier molecular flexibility index (Phi) is 6.21. The number of carbonyl (C=O) groups is 1. The van der Waals surface area contributed by atoms with Gasteiger partial charge < -0.3 is 20.9 Å². The summed E-state index contributed by atoms with van der Waals surface area (Å²) in [6, 6.07) is 13.8. The lowest BCUT2D eigenvalue weighted by atomic mass is 9.87. The van der Waals surface area contributed by atoms with Crippen LogP contribution in [0.5, 0.6) is 0 Å². The molecular weight excluding hydrogens is 456 g/mol. The summed E-state index contributed by atoms with van der Waals surface area (Å²) in [7, 11) is 3.94. The number of hydrogen-bond acceptors (Lipinski definition) is 7. The Morgan fingerprint density at radius 3 is 2.80 bits per heavy atom. The molecule has 1 amide bonds. The monoisotopic (exact) mass is 484 g/mol. The predicted molar refractivity (Wildman–Crippen MR) is 145 cm³/mol. The molecule has 4 aromatic rings. The summed E-state index contributed by atoms with van der Waals surface area (Å²) >= 11 is 1.66. The minimum absolute atomic E-state index is 0.0618. The fourth-order valence-electron chi connectivity index (χ4n) is 4.67. The number of fused-ring (bicyclic) bond motifs is 3. The minimum atomic E-state index is -0.0618. The van der Waals surface area contributed by atoms with E-state index in [4.69, 9.17) is 5.41 Å². The maximum Gasteiger partial charge on any atom is 0.227 e. The van der Waals surface area contributed by atoms with Crippen LogP contribution in [0.25, 0.3) is 10.2 Å². The largest absolute Gasteiger partial charge is 0.377 e. The highest BCUT2D eigenvalue weighted by atomic mass is 32.1. The number of thiophene rings is 1. The summed E-state index contributed by atoms with van der Waals surface area (Å²) in [6.07, 6.45) is 5.27. The first-order chi connectivity index (χ1) is 16.9. The van der Waals surface area contributed by atoms with Gasteiger partial charge in [-0.2, -0.15) is 0 Å². The number of benzene rings is 2. The number of nitrogens with zero attached hydrogens (tertiary/aromatic N) is 3. The van der Waals surface area contributed by atoms with Gasteiger partial charge in [0, 0.05) is 53.7 Å². The molecule has 35 heavy (non-hydrogen) atoms. The normalized spacial score (nSPS) is 14.9. The second-order valence-electron chi connectivity index (χ2n) is 9.09. The maximum absolute atomic E-state index is 13.0. The van der Waals surface area contributed by atoms with Gasteiger partial charge in [0.15, 0.2) is 0 Å². The number of aryl methyl sites for hydroxylation is 2. The van der Waals surface area contributed by atoms with Crippen LogP contribution < -0.4 is 15.5 Å². The van der Waals surface area contributed by atoms with E-state index in [-0.39, 0.29) is 11.8 Å². The van der Waals surface area contributed by atoms with Gasteiger partial charge in [-0.1, -0.05) is 18.2 Å². The lowest BCUT2D eigenvalue weighted by Gasteiger charge is -2.22. The van der Waals surface area contributed by atoms with E-state index in [1.165, 1.54) is 16.7 Å². The molecule has 2 heterocycles. The van der Waals surface area contributed by atoms with E-state index >= 15 is 0 Å². The average molecular weight is 485 g/mol. The smallest absolute Gasteiger partial charge is 0.227 e. The minimum Gasteiger partial charge on any atom is -0.377 e. The average Bonchev–Trinajstić information content (AvgIpc) is 3.24. The number of aromatic nitrogens is 2. The third-order valence-corrected chi connectivity index (χ3v) is 7.71. The molecule has 0 spiro atoms. The Hall–Kier alpha value is -3.78. The molecule has 178 valence electrons. The first-order valence-electron chi connectivity index (χ1n) is 11.6. The van der Waals surface area contributed by atoms with E-state index in [2.05, 4.69) is 20.6 Å². The zero-order chi connectivity index (χ0) is 24.5. The van der Waals surface area contributed by atoms with Crippen molar-refractivity contribution < 1.29 is 4.79 Å². The quantitative estimate of drug-likeness (QED) is 0.312. The molecule has 0 fully saturated rings. The number of amides is 1. The Balaban J connectivity index is 1.41. The molecule has 1 unspecified atom stereocenters. The summed E-state index contributed by atoms with van der Waals surface area (Å²) in [5, 5.41) is 15.4. The van der Waals surface area contributed by atoms with E-state index in [9.17, 15) is 4.79 Å². The van der Waals surface area contributed by atoms with Crippen LogP contribution in [0.3, 0.4) is 0 Å². The van der Waals surface area contributed by atoms with Crippen molar-refractivity contribution >= 4 is 56.6 Å². The van der Waals surface area contributed by atoms with Gasteiger partial charge in [0.05, 0.1) is 5.39 Å². The first-order valence-corrected chi connectivity index (χ1v) is 12.5. The Labute approximate surface area is 208 Å². The van der Waals surface area contributed by atoms with Crippen molar-refractivity contribution in [2.45, 2.75) is 26.2 Å². The van der Waals surface area contributed by atoms with Crippen LogP contribution in [0.1, 0.15) is 28.0 Å². The van der Waals surface area contributed by atoms with Crippen molar-refractivity contribution in [3.63, 3.8) is 0 Å². The fourth-order valence-corrected chi connectivity index (χ4v) is 5.94. The molecule has 1 atom stereocenters. The van der Waals surface area contributed by atoms with E-state index in [0.717, 1.165) is 57.1 Å². The molecule has 7 nitrogen and oxygen atoms in total. The van der Waals surface area contributed by atoms with Crippen molar-refractivity contribution in [1.29, 1.82) is 5.41 Å². The second kappa shape index (κ2) is 9.46. The van der Waals surface area contributed by atoms with Gasteiger partial charge in [-0.15, -0.1) is 11.3 Å². The van der Waals surface area contributed by atoms with Crippen LogP contribution in [-0.4, -0.2) is 36.2 Å².